The average Bonchev–Trinajstić information content (AvgIpc) is 3.21. The molecule has 1 unspecified atom stereocenters. The van der Waals surface area contributed by atoms with E-state index < -0.39 is 16.1 Å². The molecule has 0 spiro atoms. The largest absolute Gasteiger partial charge is 0.354 e. The fourth-order valence-corrected chi connectivity index (χ4v) is 4.57. The van der Waals surface area contributed by atoms with E-state index in [4.69, 9.17) is 0 Å². The Labute approximate surface area is 183 Å². The van der Waals surface area contributed by atoms with Gasteiger partial charge in [0.25, 0.3) is 15.9 Å². The number of anilines is 1. The lowest BCUT2D eigenvalue weighted by Gasteiger charge is -2.24. The predicted molar refractivity (Wildman–Crippen MR) is 120 cm³/mol. The third-order valence-electron chi connectivity index (χ3n) is 5.19. The molecule has 166 valence electrons. The predicted octanol–water partition coefficient (Wildman–Crippen LogP) is 3.17. The van der Waals surface area contributed by atoms with Gasteiger partial charge in [-0.25, -0.2) is 8.42 Å². The molecule has 0 aliphatic carbocycles. The quantitative estimate of drug-likeness (QED) is 0.687. The lowest BCUT2D eigenvalue weighted by molar-refractivity contribution is -0.125. The molecule has 2 aromatic rings. The van der Waals surface area contributed by atoms with Crippen molar-refractivity contribution in [3.63, 3.8) is 0 Å². The second-order valence-corrected chi connectivity index (χ2v) is 9.98. The van der Waals surface area contributed by atoms with Crippen LogP contribution in [-0.2, 0) is 14.8 Å². The molecule has 1 heterocycles. The zero-order valence-electron chi connectivity index (χ0n) is 18.1. The molecule has 1 fully saturated rings. The van der Waals surface area contributed by atoms with Gasteiger partial charge < -0.3 is 10.2 Å². The van der Waals surface area contributed by atoms with Gasteiger partial charge in [0, 0.05) is 24.3 Å². The average molecular weight is 444 g/mol. The Balaban J connectivity index is 1.75. The zero-order valence-corrected chi connectivity index (χ0v) is 18.9. The van der Waals surface area contributed by atoms with Crippen LogP contribution >= 0.6 is 0 Å². The minimum atomic E-state index is -3.77. The molecule has 2 N–H and O–H groups in total. The molecule has 1 atom stereocenters. The SMILES string of the molecule is Cc1ccc(S(=O)(=O)Nc2cccc(C(=O)N3CCCC3C(=O)NCC(C)C)c2)cc1. The van der Waals surface area contributed by atoms with Crippen LogP contribution in [0.15, 0.2) is 53.4 Å². The molecule has 1 saturated heterocycles. The Kier molecular flexibility index (Phi) is 7.00. The van der Waals surface area contributed by atoms with E-state index in [9.17, 15) is 18.0 Å². The van der Waals surface area contributed by atoms with Crippen molar-refractivity contribution in [3.05, 3.63) is 59.7 Å². The van der Waals surface area contributed by atoms with Crippen LogP contribution in [0, 0.1) is 12.8 Å². The fraction of sp³-hybridized carbons (Fsp3) is 0.391. The highest BCUT2D eigenvalue weighted by Crippen LogP contribution is 2.23. The number of rotatable bonds is 7. The smallest absolute Gasteiger partial charge is 0.261 e. The zero-order chi connectivity index (χ0) is 22.6. The molecular weight excluding hydrogens is 414 g/mol. The molecule has 0 radical (unpaired) electrons. The summed E-state index contributed by atoms with van der Waals surface area (Å²) in [6, 6.07) is 12.4. The summed E-state index contributed by atoms with van der Waals surface area (Å²) in [5.41, 5.74) is 1.60. The van der Waals surface area contributed by atoms with Crippen molar-refractivity contribution in [2.75, 3.05) is 17.8 Å². The summed E-state index contributed by atoms with van der Waals surface area (Å²) in [6.07, 6.45) is 1.38. The van der Waals surface area contributed by atoms with E-state index in [2.05, 4.69) is 10.0 Å². The molecule has 31 heavy (non-hydrogen) atoms. The van der Waals surface area contributed by atoms with Crippen molar-refractivity contribution >= 4 is 27.5 Å². The van der Waals surface area contributed by atoms with E-state index in [0.29, 0.717) is 36.7 Å². The number of nitrogens with zero attached hydrogens (tertiary/aromatic N) is 1. The second-order valence-electron chi connectivity index (χ2n) is 8.29. The Bertz CT molecular complexity index is 1050. The molecule has 2 aromatic carbocycles. The van der Waals surface area contributed by atoms with Gasteiger partial charge in [-0.2, -0.15) is 0 Å². The maximum absolute atomic E-state index is 13.1. The number of nitrogens with one attached hydrogen (secondary N) is 2. The van der Waals surface area contributed by atoms with Crippen LogP contribution in [0.1, 0.15) is 42.6 Å². The Morgan fingerprint density at radius 3 is 2.52 bits per heavy atom. The van der Waals surface area contributed by atoms with Crippen molar-refractivity contribution in [2.24, 2.45) is 5.92 Å². The highest BCUT2D eigenvalue weighted by atomic mass is 32.2. The molecule has 7 nitrogen and oxygen atoms in total. The first-order chi connectivity index (χ1) is 14.7. The summed E-state index contributed by atoms with van der Waals surface area (Å²) in [6.45, 7) is 6.97. The molecule has 2 amide bonds. The molecule has 1 aliphatic heterocycles. The van der Waals surface area contributed by atoms with Gasteiger partial charge in [0.15, 0.2) is 0 Å². The number of likely N-dealkylation sites (tertiary alicyclic amines) is 1. The van der Waals surface area contributed by atoms with Gasteiger partial charge in [-0.3, -0.25) is 14.3 Å². The third-order valence-corrected chi connectivity index (χ3v) is 6.59. The van der Waals surface area contributed by atoms with Crippen molar-refractivity contribution in [1.29, 1.82) is 0 Å². The van der Waals surface area contributed by atoms with Crippen LogP contribution in [0.2, 0.25) is 0 Å². The van der Waals surface area contributed by atoms with Gasteiger partial charge in [-0.15, -0.1) is 0 Å². The number of carbonyl (C=O) groups is 2. The maximum Gasteiger partial charge on any atom is 0.261 e. The summed E-state index contributed by atoms with van der Waals surface area (Å²) >= 11 is 0. The minimum Gasteiger partial charge on any atom is -0.354 e. The first-order valence-corrected chi connectivity index (χ1v) is 11.9. The van der Waals surface area contributed by atoms with Crippen molar-refractivity contribution in [1.82, 2.24) is 10.2 Å². The van der Waals surface area contributed by atoms with Crippen molar-refractivity contribution in [3.8, 4) is 0 Å². The summed E-state index contributed by atoms with van der Waals surface area (Å²) in [7, 11) is -3.77. The van der Waals surface area contributed by atoms with E-state index in [0.717, 1.165) is 12.0 Å². The van der Waals surface area contributed by atoms with Crippen LogP contribution in [0.25, 0.3) is 0 Å². The number of hydrogen-bond donors (Lipinski definition) is 2. The summed E-state index contributed by atoms with van der Waals surface area (Å²) in [5.74, 6) is -0.0953. The number of hydrogen-bond acceptors (Lipinski definition) is 4. The van der Waals surface area contributed by atoms with Gasteiger partial charge in [0.1, 0.15) is 6.04 Å². The van der Waals surface area contributed by atoms with Crippen molar-refractivity contribution in [2.45, 2.75) is 44.6 Å². The number of aryl methyl sites for hydroxylation is 1. The number of amides is 2. The van der Waals surface area contributed by atoms with Crippen LogP contribution < -0.4 is 10.0 Å². The lowest BCUT2D eigenvalue weighted by atomic mass is 10.1. The topological polar surface area (TPSA) is 95.6 Å². The Morgan fingerprint density at radius 2 is 1.84 bits per heavy atom. The normalized spacial score (nSPS) is 16.4. The number of benzene rings is 2. The van der Waals surface area contributed by atoms with Crippen LogP contribution in [0.3, 0.4) is 0 Å². The van der Waals surface area contributed by atoms with Crippen molar-refractivity contribution < 1.29 is 18.0 Å². The Hall–Kier alpha value is -2.87. The monoisotopic (exact) mass is 443 g/mol. The second kappa shape index (κ2) is 9.51. The van der Waals surface area contributed by atoms with E-state index in [1.807, 2.05) is 20.8 Å². The van der Waals surface area contributed by atoms with E-state index in [1.54, 1.807) is 35.2 Å². The number of carbonyl (C=O) groups excluding carboxylic acids is 2. The molecule has 3 rings (SSSR count). The lowest BCUT2D eigenvalue weighted by Crippen LogP contribution is -2.46. The highest BCUT2D eigenvalue weighted by molar-refractivity contribution is 7.92. The highest BCUT2D eigenvalue weighted by Gasteiger charge is 2.34. The van der Waals surface area contributed by atoms with Gasteiger partial charge in [0.05, 0.1) is 4.90 Å². The van der Waals surface area contributed by atoms with Crippen LogP contribution in [0.5, 0.6) is 0 Å². The Morgan fingerprint density at radius 1 is 1.13 bits per heavy atom. The summed E-state index contributed by atoms with van der Waals surface area (Å²) < 4.78 is 27.8. The molecule has 0 aromatic heterocycles. The van der Waals surface area contributed by atoms with Gasteiger partial charge in [-0.1, -0.05) is 37.6 Å². The molecule has 0 bridgehead atoms. The van der Waals surface area contributed by atoms with Crippen LogP contribution in [-0.4, -0.2) is 44.3 Å². The summed E-state index contributed by atoms with van der Waals surface area (Å²) in [5, 5.41) is 2.90. The van der Waals surface area contributed by atoms with Gasteiger partial charge >= 0.3 is 0 Å². The molecule has 8 heteroatoms. The number of sulfonamides is 1. The first-order valence-electron chi connectivity index (χ1n) is 10.5. The molecule has 0 saturated carbocycles. The minimum absolute atomic E-state index is 0.143. The summed E-state index contributed by atoms with van der Waals surface area (Å²) in [4.78, 5) is 27.4. The van der Waals surface area contributed by atoms with Crippen LogP contribution in [0.4, 0.5) is 5.69 Å². The molecular formula is C23H29N3O4S. The van der Waals surface area contributed by atoms with E-state index in [1.165, 1.54) is 18.2 Å². The van der Waals surface area contributed by atoms with E-state index >= 15 is 0 Å². The van der Waals surface area contributed by atoms with Gasteiger partial charge in [-0.05, 0) is 56.0 Å². The van der Waals surface area contributed by atoms with E-state index in [-0.39, 0.29) is 16.7 Å². The standard InChI is InChI=1S/C23H29N3O4S/c1-16(2)15-24-22(27)21-8-5-13-26(21)23(28)18-6-4-7-19(14-18)25-31(29,30)20-11-9-17(3)10-12-20/h4,6-7,9-12,14,16,21,25H,5,8,13,15H2,1-3H3,(H,24,27). The first kappa shape index (κ1) is 22.8. The molecule has 1 aliphatic rings. The third kappa shape index (κ3) is 5.64. The maximum atomic E-state index is 13.1. The fourth-order valence-electron chi connectivity index (χ4n) is 3.52. The van der Waals surface area contributed by atoms with Gasteiger partial charge in [0.2, 0.25) is 5.91 Å².